The van der Waals surface area contributed by atoms with Gasteiger partial charge in [-0.3, -0.25) is 0 Å². The summed E-state index contributed by atoms with van der Waals surface area (Å²) in [6, 6.07) is 1.06. The first kappa shape index (κ1) is 11.0. The SMILES string of the molecule is COCCC(C)NC1CCOC1C. The van der Waals surface area contributed by atoms with Gasteiger partial charge < -0.3 is 14.8 Å². The van der Waals surface area contributed by atoms with Crippen molar-refractivity contribution in [1.29, 1.82) is 0 Å². The van der Waals surface area contributed by atoms with Gasteiger partial charge in [0.2, 0.25) is 0 Å². The second-order valence-electron chi connectivity index (χ2n) is 3.82. The molecule has 0 aromatic rings. The van der Waals surface area contributed by atoms with E-state index in [0.29, 0.717) is 18.2 Å². The summed E-state index contributed by atoms with van der Waals surface area (Å²) in [5.74, 6) is 0. The maximum absolute atomic E-state index is 5.48. The molecule has 3 unspecified atom stereocenters. The van der Waals surface area contributed by atoms with E-state index in [1.807, 2.05) is 0 Å². The summed E-state index contributed by atoms with van der Waals surface area (Å²) in [6.07, 6.45) is 2.57. The van der Waals surface area contributed by atoms with Crippen LogP contribution in [0.5, 0.6) is 0 Å². The molecule has 0 spiro atoms. The average molecular weight is 187 g/mol. The molecule has 1 rings (SSSR count). The second kappa shape index (κ2) is 5.58. The highest BCUT2D eigenvalue weighted by atomic mass is 16.5. The van der Waals surface area contributed by atoms with Crippen molar-refractivity contribution in [1.82, 2.24) is 5.32 Å². The van der Waals surface area contributed by atoms with E-state index in [1.165, 1.54) is 0 Å². The predicted octanol–water partition coefficient (Wildman–Crippen LogP) is 1.18. The van der Waals surface area contributed by atoms with Crippen molar-refractivity contribution < 1.29 is 9.47 Å². The van der Waals surface area contributed by atoms with Gasteiger partial charge in [0.15, 0.2) is 0 Å². The van der Waals surface area contributed by atoms with Crippen LogP contribution >= 0.6 is 0 Å². The second-order valence-corrected chi connectivity index (χ2v) is 3.82. The topological polar surface area (TPSA) is 30.5 Å². The molecule has 1 aliphatic rings. The van der Waals surface area contributed by atoms with Crippen molar-refractivity contribution in [3.8, 4) is 0 Å². The summed E-state index contributed by atoms with van der Waals surface area (Å²) in [7, 11) is 1.74. The molecule has 0 aromatic heterocycles. The molecule has 0 saturated carbocycles. The van der Waals surface area contributed by atoms with Gasteiger partial charge in [-0.15, -0.1) is 0 Å². The Bertz CT molecular complexity index is 141. The first-order valence-corrected chi connectivity index (χ1v) is 5.10. The smallest absolute Gasteiger partial charge is 0.0700 e. The molecule has 0 radical (unpaired) electrons. The lowest BCUT2D eigenvalue weighted by Crippen LogP contribution is -2.41. The van der Waals surface area contributed by atoms with E-state index in [0.717, 1.165) is 26.1 Å². The monoisotopic (exact) mass is 187 g/mol. The van der Waals surface area contributed by atoms with Crippen LogP contribution in [-0.4, -0.2) is 38.5 Å². The van der Waals surface area contributed by atoms with Gasteiger partial charge in [0.25, 0.3) is 0 Å². The molecule has 3 atom stereocenters. The third kappa shape index (κ3) is 3.63. The molecule has 3 heteroatoms. The number of methoxy groups -OCH3 is 1. The lowest BCUT2D eigenvalue weighted by molar-refractivity contribution is 0.109. The maximum Gasteiger partial charge on any atom is 0.0700 e. The van der Waals surface area contributed by atoms with Crippen LogP contribution in [0.3, 0.4) is 0 Å². The lowest BCUT2D eigenvalue weighted by Gasteiger charge is -2.21. The number of nitrogens with one attached hydrogen (secondary N) is 1. The van der Waals surface area contributed by atoms with E-state index in [-0.39, 0.29) is 0 Å². The van der Waals surface area contributed by atoms with Gasteiger partial charge in [-0.2, -0.15) is 0 Å². The molecule has 1 aliphatic heterocycles. The highest BCUT2D eigenvalue weighted by molar-refractivity contribution is 4.81. The molecule has 3 nitrogen and oxygen atoms in total. The molecule has 1 saturated heterocycles. The molecule has 1 heterocycles. The molecule has 78 valence electrons. The molecule has 0 aliphatic carbocycles. The molecular formula is C10H21NO2. The van der Waals surface area contributed by atoms with Crippen LogP contribution in [0.2, 0.25) is 0 Å². The summed E-state index contributed by atoms with van der Waals surface area (Å²) in [6.45, 7) is 6.06. The Morgan fingerprint density at radius 3 is 2.92 bits per heavy atom. The Kier molecular flexibility index (Phi) is 4.70. The van der Waals surface area contributed by atoms with Crippen molar-refractivity contribution in [2.24, 2.45) is 0 Å². The Hall–Kier alpha value is -0.120. The summed E-state index contributed by atoms with van der Waals surface area (Å²) < 4.78 is 10.5. The largest absolute Gasteiger partial charge is 0.385 e. The van der Waals surface area contributed by atoms with E-state index < -0.39 is 0 Å². The number of rotatable bonds is 5. The predicted molar refractivity (Wildman–Crippen MR) is 52.9 cm³/mol. The van der Waals surface area contributed by atoms with Gasteiger partial charge >= 0.3 is 0 Å². The minimum Gasteiger partial charge on any atom is -0.385 e. The van der Waals surface area contributed by atoms with Gasteiger partial charge in [0.1, 0.15) is 0 Å². The van der Waals surface area contributed by atoms with Crippen LogP contribution in [0.25, 0.3) is 0 Å². The standard InChI is InChI=1S/C10H21NO2/c1-8(4-6-12-3)11-10-5-7-13-9(10)2/h8-11H,4-7H2,1-3H3. The van der Waals surface area contributed by atoms with Gasteiger partial charge in [0.05, 0.1) is 6.10 Å². The van der Waals surface area contributed by atoms with Gasteiger partial charge in [0, 0.05) is 32.4 Å². The third-order valence-electron chi connectivity index (χ3n) is 2.63. The fourth-order valence-corrected chi connectivity index (χ4v) is 1.69. The van der Waals surface area contributed by atoms with Gasteiger partial charge in [-0.05, 0) is 26.7 Å². The third-order valence-corrected chi connectivity index (χ3v) is 2.63. The van der Waals surface area contributed by atoms with E-state index >= 15 is 0 Å². The molecule has 0 bridgehead atoms. The van der Waals surface area contributed by atoms with Crippen molar-refractivity contribution in [2.45, 2.75) is 44.9 Å². The quantitative estimate of drug-likeness (QED) is 0.701. The van der Waals surface area contributed by atoms with Crippen molar-refractivity contribution in [2.75, 3.05) is 20.3 Å². The minimum atomic E-state index is 0.366. The zero-order valence-corrected chi connectivity index (χ0v) is 8.88. The van der Waals surface area contributed by atoms with E-state index in [2.05, 4.69) is 19.2 Å². The molecule has 1 fully saturated rings. The van der Waals surface area contributed by atoms with E-state index in [1.54, 1.807) is 7.11 Å². The van der Waals surface area contributed by atoms with Crippen molar-refractivity contribution in [3.63, 3.8) is 0 Å². The highest BCUT2D eigenvalue weighted by Gasteiger charge is 2.24. The highest BCUT2D eigenvalue weighted by Crippen LogP contribution is 2.13. The number of ether oxygens (including phenoxy) is 2. The minimum absolute atomic E-state index is 0.366. The zero-order chi connectivity index (χ0) is 9.68. The van der Waals surface area contributed by atoms with Crippen LogP contribution < -0.4 is 5.32 Å². The van der Waals surface area contributed by atoms with Crippen LogP contribution in [0.15, 0.2) is 0 Å². The molecular weight excluding hydrogens is 166 g/mol. The van der Waals surface area contributed by atoms with Crippen molar-refractivity contribution in [3.05, 3.63) is 0 Å². The first-order valence-electron chi connectivity index (χ1n) is 5.10. The first-order chi connectivity index (χ1) is 6.24. The van der Waals surface area contributed by atoms with E-state index in [9.17, 15) is 0 Å². The fraction of sp³-hybridized carbons (Fsp3) is 1.00. The summed E-state index contributed by atoms with van der Waals surface area (Å²) in [5.41, 5.74) is 0. The van der Waals surface area contributed by atoms with Gasteiger partial charge in [-0.1, -0.05) is 0 Å². The summed E-state index contributed by atoms with van der Waals surface area (Å²) >= 11 is 0. The van der Waals surface area contributed by atoms with Gasteiger partial charge in [-0.25, -0.2) is 0 Å². The van der Waals surface area contributed by atoms with Crippen LogP contribution in [-0.2, 0) is 9.47 Å². The molecule has 13 heavy (non-hydrogen) atoms. The number of hydrogen-bond acceptors (Lipinski definition) is 3. The fourth-order valence-electron chi connectivity index (χ4n) is 1.69. The Morgan fingerprint density at radius 2 is 2.38 bits per heavy atom. The molecule has 0 amide bonds. The Morgan fingerprint density at radius 1 is 1.62 bits per heavy atom. The van der Waals surface area contributed by atoms with Crippen LogP contribution in [0.4, 0.5) is 0 Å². The Balaban J connectivity index is 2.15. The van der Waals surface area contributed by atoms with E-state index in [4.69, 9.17) is 9.47 Å². The molecule has 1 N–H and O–H groups in total. The lowest BCUT2D eigenvalue weighted by atomic mass is 10.1. The Labute approximate surface area is 80.8 Å². The van der Waals surface area contributed by atoms with Crippen LogP contribution in [0, 0.1) is 0 Å². The summed E-state index contributed by atoms with van der Waals surface area (Å²) in [4.78, 5) is 0. The number of hydrogen-bond donors (Lipinski definition) is 1. The van der Waals surface area contributed by atoms with Crippen LogP contribution in [0.1, 0.15) is 26.7 Å². The average Bonchev–Trinajstić information content (AvgIpc) is 2.48. The van der Waals surface area contributed by atoms with Crippen molar-refractivity contribution >= 4 is 0 Å². The normalized spacial score (nSPS) is 30.7. The summed E-state index contributed by atoms with van der Waals surface area (Å²) in [5, 5.41) is 3.56. The maximum atomic E-state index is 5.48. The molecule has 0 aromatic carbocycles. The zero-order valence-electron chi connectivity index (χ0n) is 8.88.